The Morgan fingerprint density at radius 1 is 1.11 bits per heavy atom. The Bertz CT molecular complexity index is 595. The zero-order valence-corrected chi connectivity index (χ0v) is 11.8. The quantitative estimate of drug-likeness (QED) is 0.887. The first-order chi connectivity index (χ1) is 8.97. The summed E-state index contributed by atoms with van der Waals surface area (Å²) >= 11 is 5.74. The van der Waals surface area contributed by atoms with E-state index in [9.17, 15) is 4.39 Å². The van der Waals surface area contributed by atoms with Gasteiger partial charge in [-0.15, -0.1) is 0 Å². The van der Waals surface area contributed by atoms with Gasteiger partial charge in [0.1, 0.15) is 5.82 Å². The largest absolute Gasteiger partial charge is 0.324 e. The molecule has 1 unspecified atom stereocenters. The van der Waals surface area contributed by atoms with Crippen LogP contribution in [-0.2, 0) is 6.42 Å². The molecule has 2 rings (SSSR count). The lowest BCUT2D eigenvalue weighted by molar-refractivity contribution is 0.580. The van der Waals surface area contributed by atoms with Gasteiger partial charge in [-0.25, -0.2) is 4.39 Å². The summed E-state index contributed by atoms with van der Waals surface area (Å²) in [7, 11) is 0. The maximum atomic E-state index is 13.8. The molecule has 2 aromatic carbocycles. The first-order valence-corrected chi connectivity index (χ1v) is 6.62. The average Bonchev–Trinajstić information content (AvgIpc) is 2.33. The monoisotopic (exact) mass is 277 g/mol. The molecule has 0 bridgehead atoms. The van der Waals surface area contributed by atoms with Crippen molar-refractivity contribution < 1.29 is 4.39 Å². The molecule has 19 heavy (non-hydrogen) atoms. The van der Waals surface area contributed by atoms with Crippen LogP contribution in [0.2, 0.25) is 5.02 Å². The minimum Gasteiger partial charge on any atom is -0.324 e. The van der Waals surface area contributed by atoms with Gasteiger partial charge in [0.2, 0.25) is 0 Å². The highest BCUT2D eigenvalue weighted by Gasteiger charge is 2.12. The van der Waals surface area contributed by atoms with Gasteiger partial charge in [0.15, 0.2) is 0 Å². The van der Waals surface area contributed by atoms with Crippen molar-refractivity contribution in [1.29, 1.82) is 0 Å². The van der Waals surface area contributed by atoms with Crippen LogP contribution in [0, 0.1) is 19.7 Å². The molecule has 0 fully saturated rings. The van der Waals surface area contributed by atoms with Gasteiger partial charge in [-0.1, -0.05) is 35.9 Å². The minimum absolute atomic E-state index is 0.344. The Morgan fingerprint density at radius 3 is 2.47 bits per heavy atom. The molecule has 2 N–H and O–H groups in total. The summed E-state index contributed by atoms with van der Waals surface area (Å²) in [6.07, 6.45) is 0.611. The maximum absolute atomic E-state index is 13.8. The third kappa shape index (κ3) is 3.34. The predicted molar refractivity (Wildman–Crippen MR) is 78.0 cm³/mol. The highest BCUT2D eigenvalue weighted by Crippen LogP contribution is 2.23. The van der Waals surface area contributed by atoms with E-state index >= 15 is 0 Å². The second kappa shape index (κ2) is 5.72. The third-order valence-electron chi connectivity index (χ3n) is 3.39. The number of rotatable bonds is 3. The Kier molecular flexibility index (Phi) is 4.23. The highest BCUT2D eigenvalue weighted by atomic mass is 35.5. The molecule has 0 radical (unpaired) electrons. The van der Waals surface area contributed by atoms with Gasteiger partial charge >= 0.3 is 0 Å². The van der Waals surface area contributed by atoms with Crippen LogP contribution in [0.1, 0.15) is 28.3 Å². The fourth-order valence-electron chi connectivity index (χ4n) is 2.10. The van der Waals surface area contributed by atoms with Crippen LogP contribution in [0.25, 0.3) is 0 Å². The maximum Gasteiger partial charge on any atom is 0.129 e. The number of nitrogens with two attached hydrogens (primary N) is 1. The molecule has 2 aromatic rings. The van der Waals surface area contributed by atoms with E-state index in [1.807, 2.05) is 6.07 Å². The van der Waals surface area contributed by atoms with Crippen molar-refractivity contribution in [2.75, 3.05) is 0 Å². The van der Waals surface area contributed by atoms with Gasteiger partial charge in [0, 0.05) is 16.6 Å². The Hall–Kier alpha value is -1.38. The van der Waals surface area contributed by atoms with E-state index in [2.05, 4.69) is 26.0 Å². The van der Waals surface area contributed by atoms with Crippen molar-refractivity contribution in [2.24, 2.45) is 5.73 Å². The van der Waals surface area contributed by atoms with E-state index in [0.717, 1.165) is 5.56 Å². The van der Waals surface area contributed by atoms with E-state index in [0.29, 0.717) is 17.0 Å². The van der Waals surface area contributed by atoms with Crippen molar-refractivity contribution in [2.45, 2.75) is 26.3 Å². The van der Waals surface area contributed by atoms with Crippen LogP contribution in [0.15, 0.2) is 36.4 Å². The van der Waals surface area contributed by atoms with Crippen molar-refractivity contribution in [3.8, 4) is 0 Å². The van der Waals surface area contributed by atoms with Crippen LogP contribution in [0.4, 0.5) is 4.39 Å². The lowest BCUT2D eigenvalue weighted by Crippen LogP contribution is -2.15. The van der Waals surface area contributed by atoms with Crippen molar-refractivity contribution >= 4 is 11.6 Å². The molecule has 100 valence electrons. The van der Waals surface area contributed by atoms with Crippen LogP contribution in [-0.4, -0.2) is 0 Å². The summed E-state index contributed by atoms with van der Waals surface area (Å²) in [5, 5.41) is 0.389. The van der Waals surface area contributed by atoms with E-state index in [1.165, 1.54) is 17.2 Å². The number of hydrogen-bond donors (Lipinski definition) is 1. The molecular weight excluding hydrogens is 261 g/mol. The number of benzene rings is 2. The summed E-state index contributed by atoms with van der Waals surface area (Å²) in [6.45, 7) is 4.13. The average molecular weight is 278 g/mol. The second-order valence-corrected chi connectivity index (χ2v) is 5.33. The van der Waals surface area contributed by atoms with Crippen molar-refractivity contribution in [3.05, 3.63) is 69.5 Å². The molecule has 0 amide bonds. The zero-order valence-electron chi connectivity index (χ0n) is 11.1. The van der Waals surface area contributed by atoms with E-state index in [1.54, 1.807) is 12.1 Å². The molecule has 0 aromatic heterocycles. The normalized spacial score (nSPS) is 12.5. The predicted octanol–water partition coefficient (Wildman–Crippen LogP) is 4.34. The van der Waals surface area contributed by atoms with Gasteiger partial charge in [0.05, 0.1) is 0 Å². The smallest absolute Gasteiger partial charge is 0.129 e. The topological polar surface area (TPSA) is 26.0 Å². The van der Waals surface area contributed by atoms with Gasteiger partial charge in [-0.05, 0) is 49.1 Å². The standard InChI is InChI=1S/C16H17ClFN/c1-10-3-4-12(7-11(10)2)8-16(19)14-6-5-13(17)9-15(14)18/h3-7,9,16H,8,19H2,1-2H3. The fraction of sp³-hybridized carbons (Fsp3) is 0.250. The van der Waals surface area contributed by atoms with Crippen LogP contribution in [0.3, 0.4) is 0 Å². The zero-order chi connectivity index (χ0) is 14.0. The summed E-state index contributed by atoms with van der Waals surface area (Å²) in [6, 6.07) is 10.5. The first-order valence-electron chi connectivity index (χ1n) is 6.24. The SMILES string of the molecule is Cc1ccc(CC(N)c2ccc(Cl)cc2F)cc1C. The Balaban J connectivity index is 2.20. The van der Waals surface area contributed by atoms with Gasteiger partial charge in [0.25, 0.3) is 0 Å². The number of hydrogen-bond acceptors (Lipinski definition) is 1. The Morgan fingerprint density at radius 2 is 1.84 bits per heavy atom. The number of aryl methyl sites for hydroxylation is 2. The van der Waals surface area contributed by atoms with Crippen LogP contribution >= 0.6 is 11.6 Å². The summed E-state index contributed by atoms with van der Waals surface area (Å²) in [5.74, 6) is -0.344. The third-order valence-corrected chi connectivity index (χ3v) is 3.62. The second-order valence-electron chi connectivity index (χ2n) is 4.90. The van der Waals surface area contributed by atoms with Crippen molar-refractivity contribution in [1.82, 2.24) is 0 Å². The fourth-order valence-corrected chi connectivity index (χ4v) is 2.26. The summed E-state index contributed by atoms with van der Waals surface area (Å²) in [4.78, 5) is 0. The molecule has 1 nitrogen and oxygen atoms in total. The minimum atomic E-state index is -0.362. The molecule has 0 aliphatic rings. The van der Waals surface area contributed by atoms with Gasteiger partial charge in [-0.3, -0.25) is 0 Å². The molecule has 0 heterocycles. The van der Waals surface area contributed by atoms with Crippen LogP contribution < -0.4 is 5.73 Å². The Labute approximate surface area is 118 Å². The molecule has 1 atom stereocenters. The molecular formula is C16H17ClFN. The molecule has 0 saturated heterocycles. The van der Waals surface area contributed by atoms with Crippen molar-refractivity contribution in [3.63, 3.8) is 0 Å². The molecule has 3 heteroatoms. The van der Waals surface area contributed by atoms with Gasteiger partial charge < -0.3 is 5.73 Å². The summed E-state index contributed by atoms with van der Waals surface area (Å²) in [5.41, 5.74) is 10.2. The lowest BCUT2D eigenvalue weighted by atomic mass is 9.97. The molecule has 0 aliphatic heterocycles. The molecule has 0 spiro atoms. The first kappa shape index (κ1) is 14.0. The van der Waals surface area contributed by atoms with E-state index < -0.39 is 0 Å². The van der Waals surface area contributed by atoms with E-state index in [4.69, 9.17) is 17.3 Å². The molecule has 0 aliphatic carbocycles. The van der Waals surface area contributed by atoms with Crippen LogP contribution in [0.5, 0.6) is 0 Å². The van der Waals surface area contributed by atoms with E-state index in [-0.39, 0.29) is 11.9 Å². The summed E-state index contributed by atoms with van der Waals surface area (Å²) < 4.78 is 13.8. The highest BCUT2D eigenvalue weighted by molar-refractivity contribution is 6.30. The molecule has 0 saturated carbocycles. The lowest BCUT2D eigenvalue weighted by Gasteiger charge is -2.14. The van der Waals surface area contributed by atoms with Gasteiger partial charge in [-0.2, -0.15) is 0 Å². The number of halogens is 2.